The normalized spacial score (nSPS) is 12.1. The van der Waals surface area contributed by atoms with Crippen molar-refractivity contribution in [2.45, 2.75) is 13.0 Å². The van der Waals surface area contributed by atoms with Gasteiger partial charge in [-0.15, -0.1) is 5.10 Å². The van der Waals surface area contributed by atoms with Gasteiger partial charge in [0, 0.05) is 41.7 Å². The topological polar surface area (TPSA) is 78.9 Å². The van der Waals surface area contributed by atoms with Crippen molar-refractivity contribution in [3.8, 4) is 28.7 Å². The largest absolute Gasteiger partial charge is 0.452 e. The van der Waals surface area contributed by atoms with Crippen molar-refractivity contribution in [1.82, 2.24) is 24.9 Å². The molecule has 0 fully saturated rings. The van der Waals surface area contributed by atoms with E-state index >= 15 is 0 Å². The fourth-order valence-corrected chi connectivity index (χ4v) is 2.84. The summed E-state index contributed by atoms with van der Waals surface area (Å²) >= 11 is 6.04. The first-order chi connectivity index (χ1) is 13.1. The summed E-state index contributed by atoms with van der Waals surface area (Å²) < 4.78 is 13.1. The molecule has 3 heterocycles. The first kappa shape index (κ1) is 17.2. The zero-order valence-corrected chi connectivity index (χ0v) is 15.5. The predicted octanol–water partition coefficient (Wildman–Crippen LogP) is 4.33. The Balaban J connectivity index is 1.53. The van der Waals surface area contributed by atoms with E-state index in [9.17, 15) is 0 Å². The van der Waals surface area contributed by atoms with Crippen molar-refractivity contribution in [2.24, 2.45) is 7.05 Å². The standard InChI is InChI=1S/C19H16ClN5O2/c1-12(17-11-16(24-27-17)14-4-3-5-15(20)10-14)26-19-23-22-18(25(19)2)13-6-8-21-9-7-13/h3-12H,1-2H3. The van der Waals surface area contributed by atoms with Gasteiger partial charge in [-0.2, -0.15) is 0 Å². The maximum atomic E-state index is 6.04. The molecule has 0 bridgehead atoms. The van der Waals surface area contributed by atoms with Crippen LogP contribution in [0.3, 0.4) is 0 Å². The van der Waals surface area contributed by atoms with Gasteiger partial charge in [-0.3, -0.25) is 9.55 Å². The maximum Gasteiger partial charge on any atom is 0.317 e. The van der Waals surface area contributed by atoms with E-state index in [0.29, 0.717) is 28.3 Å². The van der Waals surface area contributed by atoms with Crippen molar-refractivity contribution < 1.29 is 9.26 Å². The molecule has 8 heteroatoms. The van der Waals surface area contributed by atoms with Crippen molar-refractivity contribution in [2.75, 3.05) is 0 Å². The Morgan fingerprint density at radius 3 is 2.67 bits per heavy atom. The lowest BCUT2D eigenvalue weighted by atomic mass is 10.1. The van der Waals surface area contributed by atoms with Crippen LogP contribution in [0.5, 0.6) is 6.01 Å². The SMILES string of the molecule is CC(Oc1nnc(-c2ccncc2)n1C)c1cc(-c2cccc(Cl)c2)no1. The van der Waals surface area contributed by atoms with E-state index in [0.717, 1.165) is 11.1 Å². The van der Waals surface area contributed by atoms with E-state index in [2.05, 4.69) is 20.3 Å². The van der Waals surface area contributed by atoms with Crippen LogP contribution in [0.25, 0.3) is 22.6 Å². The lowest BCUT2D eigenvalue weighted by molar-refractivity contribution is 0.162. The molecule has 7 nitrogen and oxygen atoms in total. The highest BCUT2D eigenvalue weighted by molar-refractivity contribution is 6.30. The molecule has 0 aliphatic carbocycles. The molecule has 3 aromatic heterocycles. The quantitative estimate of drug-likeness (QED) is 0.512. The summed E-state index contributed by atoms with van der Waals surface area (Å²) in [5.41, 5.74) is 2.48. The third-order valence-electron chi connectivity index (χ3n) is 4.11. The number of nitrogens with zero attached hydrogens (tertiary/aromatic N) is 5. The molecule has 1 aromatic carbocycles. The number of benzene rings is 1. The summed E-state index contributed by atoms with van der Waals surface area (Å²) in [4.78, 5) is 4.01. The zero-order chi connectivity index (χ0) is 18.8. The van der Waals surface area contributed by atoms with Gasteiger partial charge in [0.25, 0.3) is 0 Å². The van der Waals surface area contributed by atoms with E-state index in [1.807, 2.05) is 56.4 Å². The van der Waals surface area contributed by atoms with Crippen LogP contribution in [0.4, 0.5) is 0 Å². The second kappa shape index (κ2) is 7.20. The molecule has 27 heavy (non-hydrogen) atoms. The molecule has 4 aromatic rings. The minimum absolute atomic E-state index is 0.384. The molecule has 0 aliphatic heterocycles. The van der Waals surface area contributed by atoms with Crippen molar-refractivity contribution >= 4 is 11.6 Å². The minimum atomic E-state index is -0.390. The zero-order valence-electron chi connectivity index (χ0n) is 14.7. The number of hydrogen-bond donors (Lipinski definition) is 0. The smallest absolute Gasteiger partial charge is 0.317 e. The fourth-order valence-electron chi connectivity index (χ4n) is 2.65. The first-order valence-electron chi connectivity index (χ1n) is 8.31. The molecule has 0 radical (unpaired) electrons. The Morgan fingerprint density at radius 1 is 1.07 bits per heavy atom. The Bertz CT molecular complexity index is 1060. The molecule has 1 atom stereocenters. The van der Waals surface area contributed by atoms with E-state index in [4.69, 9.17) is 20.9 Å². The van der Waals surface area contributed by atoms with Gasteiger partial charge in [-0.25, -0.2) is 0 Å². The summed E-state index contributed by atoms with van der Waals surface area (Å²) in [7, 11) is 1.84. The average molecular weight is 382 g/mol. The molecular weight excluding hydrogens is 366 g/mol. The number of aromatic nitrogens is 5. The number of ether oxygens (including phenoxy) is 1. The maximum absolute atomic E-state index is 6.04. The molecule has 4 rings (SSSR count). The van der Waals surface area contributed by atoms with E-state index < -0.39 is 6.10 Å². The number of rotatable bonds is 5. The van der Waals surface area contributed by atoms with Crippen LogP contribution < -0.4 is 4.74 Å². The molecule has 0 saturated carbocycles. The number of hydrogen-bond acceptors (Lipinski definition) is 6. The van der Waals surface area contributed by atoms with Crippen LogP contribution in [-0.2, 0) is 7.05 Å². The lowest BCUT2D eigenvalue weighted by Gasteiger charge is -2.10. The highest BCUT2D eigenvalue weighted by Crippen LogP contribution is 2.28. The highest BCUT2D eigenvalue weighted by atomic mass is 35.5. The van der Waals surface area contributed by atoms with Gasteiger partial charge in [0.05, 0.1) is 0 Å². The van der Waals surface area contributed by atoms with Crippen LogP contribution >= 0.6 is 11.6 Å². The van der Waals surface area contributed by atoms with Gasteiger partial charge in [0.1, 0.15) is 5.69 Å². The summed E-state index contributed by atoms with van der Waals surface area (Å²) in [5.74, 6) is 1.27. The fraction of sp³-hybridized carbons (Fsp3) is 0.158. The van der Waals surface area contributed by atoms with Crippen LogP contribution in [0.15, 0.2) is 59.4 Å². The molecule has 0 N–H and O–H groups in total. The van der Waals surface area contributed by atoms with Crippen molar-refractivity contribution in [1.29, 1.82) is 0 Å². The van der Waals surface area contributed by atoms with E-state index in [1.54, 1.807) is 17.0 Å². The van der Waals surface area contributed by atoms with Gasteiger partial charge in [-0.05, 0) is 31.2 Å². The molecular formula is C19H16ClN5O2. The molecule has 0 spiro atoms. The lowest BCUT2D eigenvalue weighted by Crippen LogP contribution is -2.06. The van der Waals surface area contributed by atoms with Crippen LogP contribution in [0, 0.1) is 0 Å². The predicted molar refractivity (Wildman–Crippen MR) is 100 cm³/mol. The third kappa shape index (κ3) is 3.54. The van der Waals surface area contributed by atoms with Crippen LogP contribution in [0.2, 0.25) is 5.02 Å². The second-order valence-corrected chi connectivity index (χ2v) is 6.42. The number of halogens is 1. The van der Waals surface area contributed by atoms with E-state index in [1.165, 1.54) is 0 Å². The van der Waals surface area contributed by atoms with Gasteiger partial charge < -0.3 is 9.26 Å². The van der Waals surface area contributed by atoms with E-state index in [-0.39, 0.29) is 0 Å². The summed E-state index contributed by atoms with van der Waals surface area (Å²) in [5, 5.41) is 13.1. The van der Waals surface area contributed by atoms with Crippen LogP contribution in [0.1, 0.15) is 18.8 Å². The Kier molecular flexibility index (Phi) is 4.60. The third-order valence-corrected chi connectivity index (χ3v) is 4.34. The van der Waals surface area contributed by atoms with Crippen LogP contribution in [-0.4, -0.2) is 24.9 Å². The summed E-state index contributed by atoms with van der Waals surface area (Å²) in [6.45, 7) is 1.86. The molecule has 136 valence electrons. The summed E-state index contributed by atoms with van der Waals surface area (Å²) in [6, 6.07) is 13.4. The Labute approximate surface area is 160 Å². The monoisotopic (exact) mass is 381 g/mol. The second-order valence-electron chi connectivity index (χ2n) is 5.99. The number of pyridine rings is 1. The molecule has 0 amide bonds. The summed E-state index contributed by atoms with van der Waals surface area (Å²) in [6.07, 6.45) is 3.02. The van der Waals surface area contributed by atoms with Crippen molar-refractivity contribution in [3.63, 3.8) is 0 Å². The Morgan fingerprint density at radius 2 is 1.89 bits per heavy atom. The minimum Gasteiger partial charge on any atom is -0.452 e. The van der Waals surface area contributed by atoms with Gasteiger partial charge >= 0.3 is 6.01 Å². The Hall–Kier alpha value is -3.19. The molecule has 0 aliphatic rings. The molecule has 0 saturated heterocycles. The van der Waals surface area contributed by atoms with Gasteiger partial charge in [0.2, 0.25) is 0 Å². The molecule has 1 unspecified atom stereocenters. The van der Waals surface area contributed by atoms with Gasteiger partial charge in [-0.1, -0.05) is 34.0 Å². The van der Waals surface area contributed by atoms with Gasteiger partial charge in [0.15, 0.2) is 17.7 Å². The highest BCUT2D eigenvalue weighted by Gasteiger charge is 2.19. The first-order valence-corrected chi connectivity index (χ1v) is 8.68. The van der Waals surface area contributed by atoms with Crippen molar-refractivity contribution in [3.05, 3.63) is 65.6 Å². The average Bonchev–Trinajstić information content (AvgIpc) is 3.31.